The highest BCUT2D eigenvalue weighted by Gasteiger charge is 2.13. The van der Waals surface area contributed by atoms with Crippen LogP contribution in [0.25, 0.3) is 33.7 Å². The molecule has 0 spiro atoms. The molecule has 2 N–H and O–H groups in total. The molecule has 0 aliphatic carbocycles. The van der Waals surface area contributed by atoms with Gasteiger partial charge in [0.1, 0.15) is 11.3 Å². The third-order valence-corrected chi connectivity index (χ3v) is 4.68. The number of hydrogen-bond acceptors (Lipinski definition) is 3. The first-order chi connectivity index (χ1) is 13.1. The van der Waals surface area contributed by atoms with Crippen molar-refractivity contribution in [2.24, 2.45) is 0 Å². The Morgan fingerprint density at radius 3 is 2.48 bits per heavy atom. The molecule has 4 aromatic rings. The molecule has 0 saturated carbocycles. The highest BCUT2D eigenvalue weighted by molar-refractivity contribution is 5.88. The van der Waals surface area contributed by atoms with Crippen molar-refractivity contribution in [1.29, 1.82) is 0 Å². The molecule has 27 heavy (non-hydrogen) atoms. The van der Waals surface area contributed by atoms with Crippen molar-refractivity contribution < 1.29 is 19.1 Å². The quantitative estimate of drug-likeness (QED) is 0.501. The van der Waals surface area contributed by atoms with Gasteiger partial charge in [0.15, 0.2) is 5.76 Å². The van der Waals surface area contributed by atoms with Crippen LogP contribution in [0, 0.1) is 0 Å². The molecule has 0 aliphatic rings. The number of carbonyl (C=O) groups is 1. The standard InChI is InChI=1S/C22H19NO4/c1-3-13-10-17(26-2)11-16-12-20(27-21(13)16)19-9-8-18(23-19)14-4-6-15(7-5-14)22(24)25/h4-12,23H,3H2,1-2H3,(H,24,25). The lowest BCUT2D eigenvalue weighted by atomic mass is 10.1. The Morgan fingerprint density at radius 2 is 1.81 bits per heavy atom. The highest BCUT2D eigenvalue weighted by Crippen LogP contribution is 2.34. The molecule has 2 aromatic carbocycles. The number of benzene rings is 2. The van der Waals surface area contributed by atoms with Crippen molar-refractivity contribution in [1.82, 2.24) is 4.98 Å². The van der Waals surface area contributed by atoms with E-state index in [1.165, 1.54) is 0 Å². The summed E-state index contributed by atoms with van der Waals surface area (Å²) in [4.78, 5) is 14.3. The van der Waals surface area contributed by atoms with Crippen molar-refractivity contribution in [3.05, 3.63) is 65.7 Å². The number of hydrogen-bond donors (Lipinski definition) is 2. The fraction of sp³-hybridized carbons (Fsp3) is 0.136. The highest BCUT2D eigenvalue weighted by atomic mass is 16.5. The van der Waals surface area contributed by atoms with Crippen molar-refractivity contribution in [2.75, 3.05) is 7.11 Å². The van der Waals surface area contributed by atoms with E-state index in [0.29, 0.717) is 0 Å². The number of H-pyrrole nitrogens is 1. The van der Waals surface area contributed by atoms with E-state index in [4.69, 9.17) is 14.3 Å². The summed E-state index contributed by atoms with van der Waals surface area (Å²) < 4.78 is 11.5. The van der Waals surface area contributed by atoms with Crippen molar-refractivity contribution >= 4 is 16.9 Å². The van der Waals surface area contributed by atoms with Gasteiger partial charge in [-0.3, -0.25) is 0 Å². The number of carboxylic acids is 1. The van der Waals surface area contributed by atoms with Gasteiger partial charge in [-0.25, -0.2) is 4.79 Å². The predicted molar refractivity (Wildman–Crippen MR) is 104 cm³/mol. The summed E-state index contributed by atoms with van der Waals surface area (Å²) in [5.41, 5.74) is 4.92. The number of methoxy groups -OCH3 is 1. The van der Waals surface area contributed by atoms with Crippen LogP contribution < -0.4 is 4.74 Å². The van der Waals surface area contributed by atoms with Crippen LogP contribution in [0.2, 0.25) is 0 Å². The van der Waals surface area contributed by atoms with E-state index in [-0.39, 0.29) is 5.56 Å². The zero-order valence-electron chi connectivity index (χ0n) is 15.1. The fourth-order valence-electron chi connectivity index (χ4n) is 3.21. The molecule has 0 fully saturated rings. The largest absolute Gasteiger partial charge is 0.497 e. The number of aromatic carboxylic acids is 1. The maximum atomic E-state index is 11.0. The first-order valence-electron chi connectivity index (χ1n) is 8.72. The maximum Gasteiger partial charge on any atom is 0.335 e. The molecule has 4 rings (SSSR count). The van der Waals surface area contributed by atoms with Crippen molar-refractivity contribution in [3.63, 3.8) is 0 Å². The van der Waals surface area contributed by atoms with Crippen LogP contribution in [0.1, 0.15) is 22.8 Å². The molecule has 5 heteroatoms. The Labute approximate surface area is 156 Å². The Morgan fingerprint density at radius 1 is 1.07 bits per heavy atom. The Kier molecular flexibility index (Phi) is 4.20. The summed E-state index contributed by atoms with van der Waals surface area (Å²) in [7, 11) is 1.66. The summed E-state index contributed by atoms with van der Waals surface area (Å²) in [5, 5.41) is 10.0. The summed E-state index contributed by atoms with van der Waals surface area (Å²) >= 11 is 0. The zero-order chi connectivity index (χ0) is 19.0. The van der Waals surface area contributed by atoms with Gasteiger partial charge in [0.05, 0.1) is 18.4 Å². The number of aromatic amines is 1. The van der Waals surface area contributed by atoms with Crippen LogP contribution >= 0.6 is 0 Å². The topological polar surface area (TPSA) is 75.5 Å². The van der Waals surface area contributed by atoms with Gasteiger partial charge in [-0.05, 0) is 60.0 Å². The second-order valence-electron chi connectivity index (χ2n) is 6.34. The second-order valence-corrected chi connectivity index (χ2v) is 6.34. The first-order valence-corrected chi connectivity index (χ1v) is 8.72. The van der Waals surface area contributed by atoms with Crippen molar-refractivity contribution in [3.8, 4) is 28.5 Å². The number of aryl methyl sites for hydroxylation is 1. The van der Waals surface area contributed by atoms with E-state index < -0.39 is 5.97 Å². The van der Waals surface area contributed by atoms with Gasteiger partial charge >= 0.3 is 5.97 Å². The van der Waals surface area contributed by atoms with Crippen LogP contribution in [0.4, 0.5) is 0 Å². The van der Waals surface area contributed by atoms with Gasteiger partial charge in [0.2, 0.25) is 0 Å². The van der Waals surface area contributed by atoms with Crippen LogP contribution in [-0.2, 0) is 6.42 Å². The number of furan rings is 1. The maximum absolute atomic E-state index is 11.0. The van der Waals surface area contributed by atoms with E-state index in [9.17, 15) is 4.79 Å². The zero-order valence-corrected chi connectivity index (χ0v) is 15.1. The minimum Gasteiger partial charge on any atom is -0.497 e. The molecular weight excluding hydrogens is 342 g/mol. The summed E-state index contributed by atoms with van der Waals surface area (Å²) in [6, 6.07) is 16.7. The lowest BCUT2D eigenvalue weighted by molar-refractivity contribution is 0.0697. The third-order valence-electron chi connectivity index (χ3n) is 4.68. The molecule has 5 nitrogen and oxygen atoms in total. The lowest BCUT2D eigenvalue weighted by Gasteiger charge is -2.03. The van der Waals surface area contributed by atoms with Crippen LogP contribution in [0.15, 0.2) is 59.0 Å². The number of nitrogens with one attached hydrogen (secondary N) is 1. The monoisotopic (exact) mass is 361 g/mol. The summed E-state index contributed by atoms with van der Waals surface area (Å²) in [6.07, 6.45) is 0.854. The molecule has 0 radical (unpaired) electrons. The molecule has 0 atom stereocenters. The van der Waals surface area contributed by atoms with Gasteiger partial charge in [0.25, 0.3) is 0 Å². The number of fused-ring (bicyclic) bond motifs is 1. The number of ether oxygens (including phenoxy) is 1. The molecule has 2 aromatic heterocycles. The summed E-state index contributed by atoms with van der Waals surface area (Å²) in [6.45, 7) is 2.09. The number of carboxylic acid groups (broad SMARTS) is 1. The van der Waals surface area contributed by atoms with Crippen LogP contribution in [0.3, 0.4) is 0 Å². The second kappa shape index (κ2) is 6.68. The van der Waals surface area contributed by atoms with E-state index >= 15 is 0 Å². The van der Waals surface area contributed by atoms with Crippen LogP contribution in [-0.4, -0.2) is 23.2 Å². The fourth-order valence-corrected chi connectivity index (χ4v) is 3.21. The van der Waals surface area contributed by atoms with E-state index in [0.717, 1.165) is 51.4 Å². The van der Waals surface area contributed by atoms with Gasteiger partial charge in [-0.15, -0.1) is 0 Å². The molecule has 0 amide bonds. The molecule has 2 heterocycles. The van der Waals surface area contributed by atoms with Gasteiger partial charge in [0, 0.05) is 11.1 Å². The van der Waals surface area contributed by atoms with E-state index in [1.807, 2.05) is 30.3 Å². The van der Waals surface area contributed by atoms with E-state index in [2.05, 4.69) is 11.9 Å². The van der Waals surface area contributed by atoms with Crippen molar-refractivity contribution in [2.45, 2.75) is 13.3 Å². The predicted octanol–water partition coefficient (Wildman–Crippen LogP) is 5.36. The van der Waals surface area contributed by atoms with E-state index in [1.54, 1.807) is 31.4 Å². The normalized spacial score (nSPS) is 11.0. The van der Waals surface area contributed by atoms with Gasteiger partial charge in [-0.2, -0.15) is 0 Å². The lowest BCUT2D eigenvalue weighted by Crippen LogP contribution is -1.94. The molecule has 0 bridgehead atoms. The molecular formula is C22H19NO4. The smallest absolute Gasteiger partial charge is 0.335 e. The Hall–Kier alpha value is -3.47. The number of aromatic nitrogens is 1. The van der Waals surface area contributed by atoms with Gasteiger partial charge in [-0.1, -0.05) is 19.1 Å². The Bertz CT molecular complexity index is 1120. The van der Waals surface area contributed by atoms with Gasteiger partial charge < -0.3 is 19.2 Å². The summed E-state index contributed by atoms with van der Waals surface area (Å²) in [5.74, 6) is 0.636. The number of rotatable bonds is 5. The first kappa shape index (κ1) is 17.0. The minimum absolute atomic E-state index is 0.267. The SMILES string of the molecule is CCc1cc(OC)cc2cc(-c3ccc(-c4ccc(C(=O)O)cc4)[nH]3)oc12. The molecule has 0 saturated heterocycles. The molecule has 0 unspecified atom stereocenters. The average molecular weight is 361 g/mol. The minimum atomic E-state index is -0.932. The third kappa shape index (κ3) is 3.08. The molecule has 136 valence electrons. The molecule has 0 aliphatic heterocycles. The van der Waals surface area contributed by atoms with Crippen LogP contribution in [0.5, 0.6) is 5.75 Å². The average Bonchev–Trinajstić information content (AvgIpc) is 3.34. The Balaban J connectivity index is 1.71.